The van der Waals surface area contributed by atoms with Gasteiger partial charge in [-0.05, 0) is 47.7 Å². The Bertz CT molecular complexity index is 1440. The second-order valence-electron chi connectivity index (χ2n) is 11.3. The molecule has 0 aliphatic rings. The van der Waals surface area contributed by atoms with Gasteiger partial charge in [0, 0.05) is 21.1 Å². The summed E-state index contributed by atoms with van der Waals surface area (Å²) in [6.45, 7) is 0. The van der Waals surface area contributed by atoms with Crippen molar-refractivity contribution in [3.8, 4) is 0 Å². The van der Waals surface area contributed by atoms with Crippen molar-refractivity contribution in [2.45, 2.75) is 13.4 Å². The molecule has 0 spiro atoms. The van der Waals surface area contributed by atoms with E-state index in [0.29, 0.717) is 0 Å². The fourth-order valence-electron chi connectivity index (χ4n) is 4.74. The van der Waals surface area contributed by atoms with Gasteiger partial charge in [-0.2, -0.15) is 0 Å². The van der Waals surface area contributed by atoms with Crippen molar-refractivity contribution in [1.29, 1.82) is 0 Å². The van der Waals surface area contributed by atoms with Crippen LogP contribution in [0.25, 0.3) is 0 Å². The zero-order valence-corrected chi connectivity index (χ0v) is 36.4. The van der Waals surface area contributed by atoms with Crippen LogP contribution in [-0.4, -0.2) is 22.7 Å². The van der Waals surface area contributed by atoms with Crippen LogP contribution >= 0.6 is 15.8 Å². The van der Waals surface area contributed by atoms with Crippen LogP contribution in [-0.2, 0) is 21.1 Å². The number of hydrogen-bond acceptors (Lipinski definition) is 0. The van der Waals surface area contributed by atoms with Gasteiger partial charge in [-0.1, -0.05) is 218 Å². The Hall–Kier alpha value is -2.99. The third-order valence-electron chi connectivity index (χ3n) is 6.75. The molecule has 0 fully saturated rings. The molecule has 0 atom stereocenters. The molecule has 0 heterocycles. The molecule has 0 aliphatic heterocycles. The van der Waals surface area contributed by atoms with Crippen LogP contribution in [0.15, 0.2) is 218 Å². The first-order valence-electron chi connectivity index (χ1n) is 16.3. The maximum Gasteiger partial charge on any atom is 0 e. The zero-order chi connectivity index (χ0) is 33.7. The Labute approximate surface area is 320 Å². The van der Waals surface area contributed by atoms with E-state index < -0.39 is 38.5 Å². The molecule has 7 aromatic rings. The van der Waals surface area contributed by atoms with Gasteiger partial charge in [-0.25, -0.2) is 0 Å². The van der Waals surface area contributed by atoms with Gasteiger partial charge < -0.3 is 0 Å². The average molecular weight is 1050 g/mol. The van der Waals surface area contributed by atoms with Crippen molar-refractivity contribution in [2.75, 3.05) is 0 Å². The number of rotatable bonds is 6. The molecule has 7 aromatic carbocycles. The van der Waals surface area contributed by atoms with E-state index >= 15 is 0 Å². The summed E-state index contributed by atoms with van der Waals surface area (Å²) < 4.78 is 7.14. The van der Waals surface area contributed by atoms with Gasteiger partial charge in [0.2, 0.25) is 0 Å². The normalized spacial score (nSPS) is 9.92. The second-order valence-corrected chi connectivity index (χ2v) is 27.4. The average Bonchev–Trinajstić information content (AvgIpc) is 3.16. The van der Waals surface area contributed by atoms with Crippen LogP contribution in [0.3, 0.4) is 0 Å². The Morgan fingerprint density at radius 1 is 0.245 bits per heavy atom. The molecule has 0 unspecified atom stereocenters. The van der Waals surface area contributed by atoms with Crippen molar-refractivity contribution in [2.24, 2.45) is 0 Å². The van der Waals surface area contributed by atoms with E-state index in [4.69, 9.17) is 0 Å². The van der Waals surface area contributed by atoms with Crippen LogP contribution in [0.2, 0.25) is 13.4 Å². The molecule has 249 valence electrons. The standard InChI is InChI=1S/2C18H15P.C6H6.3CH3.Pb.Pt/c2*1-4-10-16(11-5-1)19(17-12-6-2-7-13-17)18-14-8-3-9-15-18;1-2-4-6-5-3-1;;;;;/h2*1-15H;1-6H;3*1H3;;. The fourth-order valence-corrected chi connectivity index (χ4v) is 9.35. The van der Waals surface area contributed by atoms with Crippen LogP contribution in [0.4, 0.5) is 0 Å². The Balaban J connectivity index is 0.000000205. The van der Waals surface area contributed by atoms with E-state index in [1.807, 2.05) is 36.4 Å². The van der Waals surface area contributed by atoms with Crippen molar-refractivity contribution in [3.63, 3.8) is 0 Å². The maximum atomic E-state index is 2.38. The summed E-state index contributed by atoms with van der Waals surface area (Å²) in [5.74, 6) is 0. The smallest absolute Gasteiger partial charge is 0 e. The molecule has 0 nitrogen and oxygen atoms in total. The van der Waals surface area contributed by atoms with E-state index in [1.165, 1.54) is 31.8 Å². The van der Waals surface area contributed by atoms with E-state index in [0.717, 1.165) is 0 Å². The minimum atomic E-state index is -0.657. The van der Waals surface area contributed by atoms with Gasteiger partial charge in [-0.15, -0.1) is 0 Å². The summed E-state index contributed by atoms with van der Waals surface area (Å²) in [7, 11) is -0.892. The van der Waals surface area contributed by atoms with Gasteiger partial charge in [-0.3, -0.25) is 0 Å². The molecule has 0 amide bonds. The van der Waals surface area contributed by atoms with Gasteiger partial charge in [0.05, 0.1) is 0 Å². The van der Waals surface area contributed by atoms with E-state index in [9.17, 15) is 0 Å². The van der Waals surface area contributed by atoms with Crippen molar-refractivity contribution in [3.05, 3.63) is 218 Å². The summed E-state index contributed by atoms with van der Waals surface area (Å²) in [6.07, 6.45) is 0. The molecule has 4 heteroatoms. The van der Waals surface area contributed by atoms with Gasteiger partial charge in [0.15, 0.2) is 0 Å². The Kier molecular flexibility index (Phi) is 20.0. The molecule has 49 heavy (non-hydrogen) atoms. The summed E-state index contributed by atoms with van der Waals surface area (Å²) in [6, 6.07) is 76.7. The molecule has 0 aromatic heterocycles. The minimum absolute atomic E-state index is 0. The molecular formula is C45H45P2PbPt. The summed E-state index contributed by atoms with van der Waals surface area (Å²) in [5, 5.41) is 8.39. The summed E-state index contributed by atoms with van der Waals surface area (Å²) in [4.78, 5) is 0. The first kappa shape index (κ1) is 40.4. The Morgan fingerprint density at radius 2 is 0.347 bits per heavy atom. The summed E-state index contributed by atoms with van der Waals surface area (Å²) in [5.41, 5.74) is 0. The number of hydrogen-bond donors (Lipinski definition) is 0. The first-order chi connectivity index (χ1) is 23.6. The predicted octanol–water partition coefficient (Wildman–Crippen LogP) is 9.94. The molecule has 0 bridgehead atoms. The van der Waals surface area contributed by atoms with E-state index in [1.54, 1.807) is 0 Å². The zero-order valence-electron chi connectivity index (χ0n) is 28.5. The SMILES string of the molecule is [CH3][Pb]([CH3])[CH3].[Pt].c1ccc(P(c2ccccc2)c2ccccc2)cc1.c1ccc(P(c2ccccc2)c2ccccc2)cc1.c1ccccc1. The van der Waals surface area contributed by atoms with Crippen LogP contribution in [0, 0.1) is 0 Å². The third-order valence-corrected chi connectivity index (χ3v) is 11.6. The maximum absolute atomic E-state index is 2.38. The van der Waals surface area contributed by atoms with Crippen LogP contribution in [0.1, 0.15) is 0 Å². The first-order valence-corrected chi connectivity index (χ1v) is 30.7. The Morgan fingerprint density at radius 3 is 0.469 bits per heavy atom. The van der Waals surface area contributed by atoms with Gasteiger partial charge in [0.1, 0.15) is 0 Å². The molecule has 0 saturated carbocycles. The molecule has 0 aliphatic carbocycles. The minimum Gasteiger partial charge on any atom is -0.0623 e. The molecule has 0 saturated heterocycles. The van der Waals surface area contributed by atoms with E-state index in [-0.39, 0.29) is 21.1 Å². The predicted molar refractivity (Wildman–Crippen MR) is 220 cm³/mol. The largest absolute Gasteiger partial charge is 0.0623 e. The molecule has 0 N–H and O–H groups in total. The fraction of sp³-hybridized carbons (Fsp3) is 0.0667. The van der Waals surface area contributed by atoms with Crippen LogP contribution < -0.4 is 31.8 Å². The molecule has 7 rings (SSSR count). The second kappa shape index (κ2) is 24.2. The summed E-state index contributed by atoms with van der Waals surface area (Å²) >= 11 is -0.657. The number of benzene rings is 7. The topological polar surface area (TPSA) is 0 Å². The molecule has 1 radical (unpaired) electrons. The van der Waals surface area contributed by atoms with Crippen molar-refractivity contribution >= 4 is 70.4 Å². The third kappa shape index (κ3) is 14.8. The van der Waals surface area contributed by atoms with E-state index in [2.05, 4.69) is 195 Å². The molecular weight excluding hydrogens is 1000 g/mol. The van der Waals surface area contributed by atoms with Crippen molar-refractivity contribution in [1.82, 2.24) is 0 Å². The van der Waals surface area contributed by atoms with Gasteiger partial charge in [0.25, 0.3) is 0 Å². The van der Waals surface area contributed by atoms with Crippen molar-refractivity contribution < 1.29 is 21.1 Å². The van der Waals surface area contributed by atoms with Crippen LogP contribution in [0.5, 0.6) is 0 Å². The monoisotopic (exact) mass is 1050 g/mol. The quantitative estimate of drug-likeness (QED) is 0.115. The van der Waals surface area contributed by atoms with Gasteiger partial charge >= 0.3 is 36.2 Å².